The van der Waals surface area contributed by atoms with Crippen molar-refractivity contribution in [3.8, 4) is 11.4 Å². The van der Waals surface area contributed by atoms with Crippen LogP contribution < -0.4 is 10.6 Å². The lowest BCUT2D eigenvalue weighted by Crippen LogP contribution is -2.35. The number of alkyl halides is 2. The average molecular weight is 330 g/mol. The Hall–Kier alpha value is -2.06. The Kier molecular flexibility index (Phi) is 4.72. The van der Waals surface area contributed by atoms with E-state index in [1.165, 1.54) is 6.33 Å². The number of hydrogen-bond acceptors (Lipinski definition) is 4. The van der Waals surface area contributed by atoms with E-state index >= 15 is 0 Å². The highest BCUT2D eigenvalue weighted by molar-refractivity contribution is 5.95. The van der Waals surface area contributed by atoms with Crippen LogP contribution in [0.1, 0.15) is 6.42 Å². The van der Waals surface area contributed by atoms with Crippen LogP contribution in [0.15, 0.2) is 30.6 Å². The van der Waals surface area contributed by atoms with Crippen LogP contribution in [-0.4, -0.2) is 39.6 Å². The van der Waals surface area contributed by atoms with Crippen molar-refractivity contribution in [3.63, 3.8) is 0 Å². The zero-order valence-electron chi connectivity index (χ0n) is 11.3. The van der Waals surface area contributed by atoms with Crippen LogP contribution >= 0.6 is 12.4 Å². The molecule has 0 bridgehead atoms. The predicted octanol–water partition coefficient (Wildman–Crippen LogP) is 1.83. The summed E-state index contributed by atoms with van der Waals surface area (Å²) in [6.07, 6.45) is 0.895. The van der Waals surface area contributed by atoms with Gasteiger partial charge in [0.15, 0.2) is 5.82 Å². The smallest absolute Gasteiger partial charge is 0.262 e. The summed E-state index contributed by atoms with van der Waals surface area (Å²) >= 11 is 0. The maximum atomic E-state index is 13.1. The second kappa shape index (κ2) is 6.37. The largest absolute Gasteiger partial charge is 0.325 e. The van der Waals surface area contributed by atoms with E-state index in [-0.39, 0.29) is 12.4 Å². The minimum Gasteiger partial charge on any atom is -0.325 e. The zero-order chi connectivity index (χ0) is 14.9. The number of aromatic amines is 1. The van der Waals surface area contributed by atoms with E-state index in [0.717, 1.165) is 5.56 Å². The van der Waals surface area contributed by atoms with Gasteiger partial charge in [0.05, 0.1) is 12.6 Å². The number of anilines is 1. The quantitative estimate of drug-likeness (QED) is 0.802. The molecule has 1 aliphatic heterocycles. The molecule has 1 aromatic heterocycles. The molecule has 3 rings (SSSR count). The Balaban J connectivity index is 0.00000176. The number of amides is 1. The molecule has 1 saturated heterocycles. The monoisotopic (exact) mass is 329 g/mol. The molecular weight excluding hydrogens is 316 g/mol. The fourth-order valence-corrected chi connectivity index (χ4v) is 2.22. The summed E-state index contributed by atoms with van der Waals surface area (Å²) in [4.78, 5) is 16.0. The van der Waals surface area contributed by atoms with E-state index in [2.05, 4.69) is 25.8 Å². The van der Waals surface area contributed by atoms with Crippen molar-refractivity contribution in [2.75, 3.05) is 11.9 Å². The van der Waals surface area contributed by atoms with Gasteiger partial charge in [0.1, 0.15) is 6.33 Å². The van der Waals surface area contributed by atoms with Gasteiger partial charge in [-0.05, 0) is 12.1 Å². The van der Waals surface area contributed by atoms with Gasteiger partial charge >= 0.3 is 0 Å². The minimum atomic E-state index is -2.83. The minimum absolute atomic E-state index is 0. The van der Waals surface area contributed by atoms with E-state index in [1.54, 1.807) is 24.3 Å². The van der Waals surface area contributed by atoms with Gasteiger partial charge < -0.3 is 5.32 Å². The summed E-state index contributed by atoms with van der Waals surface area (Å²) in [5.74, 6) is -2.73. The molecule has 1 atom stereocenters. The summed E-state index contributed by atoms with van der Waals surface area (Å²) < 4.78 is 26.2. The number of carbonyl (C=O) groups is 1. The highest BCUT2D eigenvalue weighted by Gasteiger charge is 2.42. The first-order valence-corrected chi connectivity index (χ1v) is 6.41. The summed E-state index contributed by atoms with van der Waals surface area (Å²) in [7, 11) is 0. The lowest BCUT2D eigenvalue weighted by atomic mass is 10.1. The van der Waals surface area contributed by atoms with Gasteiger partial charge in [0.25, 0.3) is 5.92 Å². The van der Waals surface area contributed by atoms with E-state index in [0.29, 0.717) is 11.5 Å². The van der Waals surface area contributed by atoms with Crippen molar-refractivity contribution in [2.24, 2.45) is 0 Å². The van der Waals surface area contributed by atoms with Crippen LogP contribution in [0.4, 0.5) is 14.5 Å². The van der Waals surface area contributed by atoms with Crippen molar-refractivity contribution in [2.45, 2.75) is 18.4 Å². The molecule has 1 fully saturated rings. The van der Waals surface area contributed by atoms with Gasteiger partial charge in [-0.3, -0.25) is 15.2 Å². The second-order valence-electron chi connectivity index (χ2n) is 4.90. The number of carbonyl (C=O) groups excluding carboxylic acids is 1. The summed E-state index contributed by atoms with van der Waals surface area (Å²) in [5, 5.41) is 11.6. The second-order valence-corrected chi connectivity index (χ2v) is 4.90. The van der Waals surface area contributed by atoms with Crippen molar-refractivity contribution < 1.29 is 13.6 Å². The fraction of sp³-hybridized carbons (Fsp3) is 0.308. The van der Waals surface area contributed by atoms with Gasteiger partial charge in [-0.1, -0.05) is 12.1 Å². The van der Waals surface area contributed by atoms with Crippen molar-refractivity contribution in [1.82, 2.24) is 20.5 Å². The van der Waals surface area contributed by atoms with Crippen LogP contribution in [0.5, 0.6) is 0 Å². The predicted molar refractivity (Wildman–Crippen MR) is 79.1 cm³/mol. The Bertz CT molecular complexity index is 650. The lowest BCUT2D eigenvalue weighted by Gasteiger charge is -2.11. The molecule has 0 spiro atoms. The SMILES string of the molecule is Cl.O=C(Nc1cccc(-c2ncn[nH]2)c1)C1CC(F)(F)CN1. The number of hydrogen-bond donors (Lipinski definition) is 3. The zero-order valence-corrected chi connectivity index (χ0v) is 12.2. The maximum Gasteiger partial charge on any atom is 0.262 e. The third-order valence-electron chi connectivity index (χ3n) is 3.24. The highest BCUT2D eigenvalue weighted by atomic mass is 35.5. The molecule has 0 aliphatic carbocycles. The molecule has 3 N–H and O–H groups in total. The summed E-state index contributed by atoms with van der Waals surface area (Å²) in [6.45, 7) is -0.469. The van der Waals surface area contributed by atoms with Crippen molar-refractivity contribution in [1.29, 1.82) is 0 Å². The average Bonchev–Trinajstić information content (AvgIpc) is 3.08. The highest BCUT2D eigenvalue weighted by Crippen LogP contribution is 2.26. The van der Waals surface area contributed by atoms with Gasteiger partial charge in [-0.25, -0.2) is 13.8 Å². The van der Waals surface area contributed by atoms with Crippen LogP contribution in [0.25, 0.3) is 11.4 Å². The first-order chi connectivity index (χ1) is 10.0. The Labute approximate surface area is 131 Å². The van der Waals surface area contributed by atoms with Crippen LogP contribution in [0.2, 0.25) is 0 Å². The number of halogens is 3. The Morgan fingerprint density at radius 3 is 2.86 bits per heavy atom. The molecule has 1 aliphatic rings. The normalized spacial score (nSPS) is 19.5. The Morgan fingerprint density at radius 1 is 1.41 bits per heavy atom. The molecular formula is C13H14ClF2N5O. The van der Waals surface area contributed by atoms with E-state index < -0.39 is 30.8 Å². The lowest BCUT2D eigenvalue weighted by molar-refractivity contribution is -0.118. The molecule has 0 radical (unpaired) electrons. The van der Waals surface area contributed by atoms with Crippen molar-refractivity contribution in [3.05, 3.63) is 30.6 Å². The third kappa shape index (κ3) is 3.58. The number of benzene rings is 1. The summed E-state index contributed by atoms with van der Waals surface area (Å²) in [5.41, 5.74) is 1.26. The number of rotatable bonds is 3. The molecule has 9 heteroatoms. The van der Waals surface area contributed by atoms with E-state index in [1.807, 2.05) is 0 Å². The Morgan fingerprint density at radius 2 is 2.23 bits per heavy atom. The fourth-order valence-electron chi connectivity index (χ4n) is 2.22. The van der Waals surface area contributed by atoms with E-state index in [9.17, 15) is 13.6 Å². The molecule has 6 nitrogen and oxygen atoms in total. The first kappa shape index (κ1) is 16.3. The van der Waals surface area contributed by atoms with Crippen LogP contribution in [0.3, 0.4) is 0 Å². The topological polar surface area (TPSA) is 82.7 Å². The third-order valence-corrected chi connectivity index (χ3v) is 3.24. The van der Waals surface area contributed by atoms with Gasteiger partial charge in [0, 0.05) is 17.7 Å². The molecule has 2 heterocycles. The van der Waals surface area contributed by atoms with Gasteiger partial charge in [-0.15, -0.1) is 12.4 Å². The molecule has 1 aromatic carbocycles. The van der Waals surface area contributed by atoms with Gasteiger partial charge in [-0.2, -0.15) is 5.10 Å². The number of nitrogens with zero attached hydrogens (tertiary/aromatic N) is 2. The molecule has 1 amide bonds. The molecule has 2 aromatic rings. The molecule has 1 unspecified atom stereocenters. The van der Waals surface area contributed by atoms with E-state index in [4.69, 9.17) is 0 Å². The molecule has 0 saturated carbocycles. The van der Waals surface area contributed by atoms with Crippen molar-refractivity contribution >= 4 is 24.0 Å². The van der Waals surface area contributed by atoms with Crippen LogP contribution in [0, 0.1) is 0 Å². The molecule has 118 valence electrons. The van der Waals surface area contributed by atoms with Gasteiger partial charge in [0.2, 0.25) is 5.91 Å². The summed E-state index contributed by atoms with van der Waals surface area (Å²) in [6, 6.07) is 6.05. The first-order valence-electron chi connectivity index (χ1n) is 6.41. The number of H-pyrrole nitrogens is 1. The standard InChI is InChI=1S/C13H13F2N5O.ClH/c14-13(15)5-10(16-6-13)12(21)19-9-3-1-2-8(4-9)11-17-7-18-20-11;/h1-4,7,10,16H,5-6H2,(H,19,21)(H,17,18,20);1H. The number of aromatic nitrogens is 3. The molecule has 22 heavy (non-hydrogen) atoms. The maximum absolute atomic E-state index is 13.1. The van der Waals surface area contributed by atoms with Crippen LogP contribution in [-0.2, 0) is 4.79 Å². The number of nitrogens with one attached hydrogen (secondary N) is 3.